The maximum atomic E-state index is 12.7. The van der Waals surface area contributed by atoms with E-state index in [1.54, 1.807) is 12.1 Å². The molecule has 4 heterocycles. The van der Waals surface area contributed by atoms with Crippen LogP contribution in [0, 0.1) is 6.92 Å². The van der Waals surface area contributed by atoms with Crippen molar-refractivity contribution in [1.29, 1.82) is 0 Å². The fourth-order valence-electron chi connectivity index (χ4n) is 3.26. The lowest BCUT2D eigenvalue weighted by Crippen LogP contribution is -2.32. The molecular formula is C21H17N5O3S. The van der Waals surface area contributed by atoms with Gasteiger partial charge in [-0.15, -0.1) is 16.4 Å². The Bertz CT molecular complexity index is 1410. The first-order valence-electron chi connectivity index (χ1n) is 9.31. The van der Waals surface area contributed by atoms with Gasteiger partial charge in [-0.2, -0.15) is 0 Å². The zero-order chi connectivity index (χ0) is 20.7. The Morgan fingerprint density at radius 2 is 2.07 bits per heavy atom. The lowest BCUT2D eigenvalue weighted by Gasteiger charge is -2.02. The molecule has 1 N–H and O–H groups in total. The zero-order valence-corrected chi connectivity index (χ0v) is 16.8. The van der Waals surface area contributed by atoms with Crippen molar-refractivity contribution in [1.82, 2.24) is 24.5 Å². The molecule has 4 aromatic heterocycles. The molecule has 1 amide bonds. The first-order chi connectivity index (χ1) is 14.6. The van der Waals surface area contributed by atoms with Crippen LogP contribution in [0.4, 0.5) is 0 Å². The Kier molecular flexibility index (Phi) is 4.44. The molecule has 150 valence electrons. The lowest BCUT2D eigenvalue weighted by atomic mass is 10.1. The predicted molar refractivity (Wildman–Crippen MR) is 113 cm³/mol. The van der Waals surface area contributed by atoms with Crippen molar-refractivity contribution in [3.05, 3.63) is 76.2 Å². The second kappa shape index (κ2) is 7.27. The average Bonchev–Trinajstić information content (AvgIpc) is 3.47. The van der Waals surface area contributed by atoms with Crippen LogP contribution in [0.2, 0.25) is 0 Å². The number of aryl methyl sites for hydroxylation is 1. The van der Waals surface area contributed by atoms with Crippen LogP contribution in [0.5, 0.6) is 0 Å². The number of nitrogens with zero attached hydrogens (tertiary/aromatic N) is 4. The maximum Gasteiger partial charge on any atom is 0.352 e. The molecule has 0 saturated carbocycles. The van der Waals surface area contributed by atoms with Crippen molar-refractivity contribution in [3.63, 3.8) is 0 Å². The van der Waals surface area contributed by atoms with Crippen molar-refractivity contribution in [3.8, 4) is 11.1 Å². The van der Waals surface area contributed by atoms with Gasteiger partial charge in [-0.3, -0.25) is 4.79 Å². The van der Waals surface area contributed by atoms with Crippen LogP contribution in [0.25, 0.3) is 27.0 Å². The summed E-state index contributed by atoms with van der Waals surface area (Å²) in [5.41, 5.74) is 4.11. The highest BCUT2D eigenvalue weighted by atomic mass is 32.1. The monoisotopic (exact) mass is 419 g/mol. The number of benzene rings is 1. The van der Waals surface area contributed by atoms with Gasteiger partial charge in [-0.05, 0) is 24.6 Å². The quantitative estimate of drug-likeness (QED) is 0.473. The number of fused-ring (bicyclic) bond motifs is 3. The topological polar surface area (TPSA) is 94.4 Å². The molecule has 0 saturated heterocycles. The third kappa shape index (κ3) is 3.18. The molecule has 0 aliphatic heterocycles. The predicted octanol–water partition coefficient (Wildman–Crippen LogP) is 2.99. The molecular weight excluding hydrogens is 402 g/mol. The second-order valence-corrected chi connectivity index (χ2v) is 7.81. The summed E-state index contributed by atoms with van der Waals surface area (Å²) in [6.45, 7) is 2.12. The summed E-state index contributed by atoms with van der Waals surface area (Å²) in [5, 5.41) is 9.13. The van der Waals surface area contributed by atoms with Gasteiger partial charge in [-0.1, -0.05) is 29.8 Å². The van der Waals surface area contributed by atoms with Crippen LogP contribution in [-0.2, 0) is 17.9 Å². The Hall–Kier alpha value is -3.72. The van der Waals surface area contributed by atoms with Gasteiger partial charge >= 0.3 is 5.69 Å². The smallest absolute Gasteiger partial charge is 0.352 e. The Balaban J connectivity index is 1.47. The zero-order valence-electron chi connectivity index (χ0n) is 16.0. The number of carbonyl (C=O) groups excluding carboxylic acids is 1. The molecule has 5 aromatic rings. The molecule has 8 nitrogen and oxygen atoms in total. The fourth-order valence-corrected chi connectivity index (χ4v) is 4.27. The largest absolute Gasteiger partial charge is 0.467 e. The third-order valence-corrected chi connectivity index (χ3v) is 5.80. The van der Waals surface area contributed by atoms with Crippen LogP contribution in [0.1, 0.15) is 11.3 Å². The van der Waals surface area contributed by atoms with Gasteiger partial charge in [0, 0.05) is 10.9 Å². The molecule has 0 radical (unpaired) electrons. The number of carbonyl (C=O) groups is 1. The summed E-state index contributed by atoms with van der Waals surface area (Å²) >= 11 is 1.48. The number of rotatable bonds is 5. The van der Waals surface area contributed by atoms with E-state index in [1.165, 1.54) is 33.9 Å². The van der Waals surface area contributed by atoms with E-state index in [-0.39, 0.29) is 19.0 Å². The normalized spacial score (nSPS) is 11.4. The minimum Gasteiger partial charge on any atom is -0.467 e. The van der Waals surface area contributed by atoms with Crippen molar-refractivity contribution < 1.29 is 9.21 Å². The van der Waals surface area contributed by atoms with Crippen LogP contribution in [-0.4, -0.2) is 25.1 Å². The minimum atomic E-state index is -0.405. The SMILES string of the molecule is Cc1ccc(-c2csc3c2ncn2c(=O)n(CC(=O)NCc4ccco4)nc32)cc1. The van der Waals surface area contributed by atoms with E-state index < -0.39 is 5.69 Å². The van der Waals surface area contributed by atoms with Gasteiger partial charge in [-0.25, -0.2) is 18.9 Å². The molecule has 0 bridgehead atoms. The first-order valence-corrected chi connectivity index (χ1v) is 10.2. The summed E-state index contributed by atoms with van der Waals surface area (Å²) in [6, 6.07) is 11.7. The van der Waals surface area contributed by atoms with Crippen molar-refractivity contribution in [2.75, 3.05) is 0 Å². The van der Waals surface area contributed by atoms with Gasteiger partial charge in [0.05, 0.1) is 23.0 Å². The highest BCUT2D eigenvalue weighted by Crippen LogP contribution is 2.34. The molecule has 0 fully saturated rings. The van der Waals surface area contributed by atoms with Crippen LogP contribution in [0.15, 0.2) is 63.6 Å². The summed E-state index contributed by atoms with van der Waals surface area (Å²) in [5.74, 6) is 0.312. The van der Waals surface area contributed by atoms with E-state index in [0.29, 0.717) is 11.4 Å². The number of hydrogen-bond acceptors (Lipinski definition) is 6. The highest BCUT2D eigenvalue weighted by molar-refractivity contribution is 7.18. The van der Waals surface area contributed by atoms with Crippen LogP contribution < -0.4 is 11.0 Å². The Morgan fingerprint density at radius 1 is 1.23 bits per heavy atom. The number of furan rings is 1. The van der Waals surface area contributed by atoms with Crippen molar-refractivity contribution in [2.24, 2.45) is 0 Å². The number of nitrogens with one attached hydrogen (secondary N) is 1. The maximum absolute atomic E-state index is 12.7. The third-order valence-electron chi connectivity index (χ3n) is 4.84. The summed E-state index contributed by atoms with van der Waals surface area (Å²) in [6.07, 6.45) is 3.01. The van der Waals surface area contributed by atoms with Gasteiger partial charge in [0.1, 0.15) is 18.6 Å². The van der Waals surface area contributed by atoms with Crippen molar-refractivity contribution in [2.45, 2.75) is 20.0 Å². The molecule has 5 rings (SSSR count). The summed E-state index contributed by atoms with van der Waals surface area (Å²) in [7, 11) is 0. The summed E-state index contributed by atoms with van der Waals surface area (Å²) in [4.78, 5) is 29.4. The molecule has 30 heavy (non-hydrogen) atoms. The van der Waals surface area contributed by atoms with E-state index in [2.05, 4.69) is 39.7 Å². The molecule has 0 atom stereocenters. The Morgan fingerprint density at radius 3 is 2.83 bits per heavy atom. The molecule has 0 unspecified atom stereocenters. The lowest BCUT2D eigenvalue weighted by molar-refractivity contribution is -0.122. The summed E-state index contributed by atoms with van der Waals surface area (Å²) < 4.78 is 8.52. The Labute approximate surface area is 174 Å². The van der Waals surface area contributed by atoms with Crippen molar-refractivity contribution >= 4 is 33.1 Å². The van der Waals surface area contributed by atoms with Crippen LogP contribution >= 0.6 is 11.3 Å². The standard InChI is InChI=1S/C21H17N5O3S/c1-13-4-6-14(7-5-13)16-11-30-19-18(16)23-12-25-20(19)24-26(21(25)28)10-17(27)22-9-15-3-2-8-29-15/h2-8,11-12H,9-10H2,1H3,(H,22,27). The van der Waals surface area contributed by atoms with E-state index in [1.807, 2.05) is 12.3 Å². The number of hydrogen-bond donors (Lipinski definition) is 1. The second-order valence-electron chi connectivity index (χ2n) is 6.93. The van der Waals surface area contributed by atoms with E-state index in [4.69, 9.17) is 4.42 Å². The van der Waals surface area contributed by atoms with Crippen LogP contribution in [0.3, 0.4) is 0 Å². The van der Waals surface area contributed by atoms with Gasteiger partial charge < -0.3 is 9.73 Å². The fraction of sp³-hybridized carbons (Fsp3) is 0.143. The molecule has 9 heteroatoms. The van der Waals surface area contributed by atoms with E-state index in [0.717, 1.165) is 26.0 Å². The molecule has 0 aliphatic rings. The highest BCUT2D eigenvalue weighted by Gasteiger charge is 2.17. The van der Waals surface area contributed by atoms with Gasteiger partial charge in [0.2, 0.25) is 5.91 Å². The minimum absolute atomic E-state index is 0.182. The first kappa shape index (κ1) is 18.3. The molecule has 0 aliphatic carbocycles. The molecule has 1 aromatic carbocycles. The van der Waals surface area contributed by atoms with Gasteiger partial charge in [0.15, 0.2) is 5.65 Å². The van der Waals surface area contributed by atoms with E-state index in [9.17, 15) is 9.59 Å². The van der Waals surface area contributed by atoms with Gasteiger partial charge in [0.25, 0.3) is 0 Å². The number of thiophene rings is 1. The number of amides is 1. The number of aromatic nitrogens is 4. The molecule has 0 spiro atoms. The van der Waals surface area contributed by atoms with E-state index >= 15 is 0 Å². The average molecular weight is 419 g/mol.